The molecule has 0 saturated carbocycles. The lowest BCUT2D eigenvalue weighted by Crippen LogP contribution is -1.90. The Hall–Kier alpha value is -3.88. The number of benzene rings is 5. The van der Waals surface area contributed by atoms with Crippen molar-refractivity contribution < 1.29 is 13.1 Å². The fourth-order valence-corrected chi connectivity index (χ4v) is 5.42. The molecule has 0 fully saturated rings. The molecule has 156 valence electrons. The fourth-order valence-electron chi connectivity index (χ4n) is 4.25. The second-order valence-corrected chi connectivity index (χ2v) is 8.67. The molecule has 6 rings (SSSR count). The average Bonchev–Trinajstić information content (AvgIpc) is 3.01. The molecule has 0 bridgehead atoms. The van der Waals surface area contributed by atoms with Crippen molar-refractivity contribution in [1.82, 2.24) is 0 Å². The van der Waals surface area contributed by atoms with E-state index in [0.717, 1.165) is 54.9 Å². The van der Waals surface area contributed by atoms with Crippen LogP contribution in [0.4, 0.5) is 5.69 Å². The van der Waals surface area contributed by atoms with Gasteiger partial charge in [0.05, 0.1) is 12.8 Å². The van der Waals surface area contributed by atoms with Crippen molar-refractivity contribution in [3.63, 3.8) is 0 Å². The van der Waals surface area contributed by atoms with E-state index in [1.165, 1.54) is 0 Å². The van der Waals surface area contributed by atoms with E-state index in [1.807, 2.05) is 36.4 Å². The number of para-hydroxylation sites is 2. The van der Waals surface area contributed by atoms with Gasteiger partial charge in [-0.2, -0.15) is 0 Å². The summed E-state index contributed by atoms with van der Waals surface area (Å²) >= 11 is 0. The molecule has 0 aliphatic carbocycles. The van der Waals surface area contributed by atoms with Crippen molar-refractivity contribution in [2.75, 3.05) is 12.2 Å². The van der Waals surface area contributed by atoms with Crippen LogP contribution in [-0.4, -0.2) is 7.11 Å². The Morgan fingerprint density at radius 2 is 1.16 bits per heavy atom. The van der Waals surface area contributed by atoms with Gasteiger partial charge in [-0.1, -0.05) is 72.8 Å². The molecule has 5 heteroatoms. The second kappa shape index (κ2) is 7.67. The Balaban J connectivity index is 1.76. The van der Waals surface area contributed by atoms with E-state index in [-0.39, 0.29) is 0 Å². The first-order chi connectivity index (χ1) is 15.8. The molecule has 1 heterocycles. The molecule has 6 aromatic rings. The van der Waals surface area contributed by atoms with E-state index in [9.17, 15) is 0 Å². The number of nitrogens with one attached hydrogen (secondary N) is 1. The lowest BCUT2D eigenvalue weighted by atomic mass is 9.99. The number of methoxy groups -OCH3 is 1. The predicted octanol–water partition coefficient (Wildman–Crippen LogP) is 8.48. The van der Waals surface area contributed by atoms with Crippen LogP contribution in [-0.2, 0) is 0 Å². The lowest BCUT2D eigenvalue weighted by molar-refractivity contribution is 0.417. The zero-order valence-corrected chi connectivity index (χ0v) is 18.3. The Morgan fingerprint density at radius 3 is 1.75 bits per heavy atom. The van der Waals surface area contributed by atoms with Gasteiger partial charge in [-0.25, -0.2) is 0 Å². The largest absolute Gasteiger partial charge is 0.495 e. The Kier molecular flexibility index (Phi) is 4.52. The third-order valence-corrected chi connectivity index (χ3v) is 6.86. The highest BCUT2D eigenvalue weighted by Crippen LogP contribution is 2.42. The molecule has 1 aromatic heterocycles. The summed E-state index contributed by atoms with van der Waals surface area (Å²) in [6, 6.07) is 32.8. The summed E-state index contributed by atoms with van der Waals surface area (Å²) in [5.74, 6) is 0.740. The van der Waals surface area contributed by atoms with E-state index >= 15 is 0 Å². The molecule has 0 amide bonds. The minimum absolute atomic E-state index is 0.740. The van der Waals surface area contributed by atoms with Crippen LogP contribution >= 0.6 is 8.16 Å². The van der Waals surface area contributed by atoms with Gasteiger partial charge < -0.3 is 13.1 Å². The Morgan fingerprint density at radius 1 is 0.625 bits per heavy atom. The fraction of sp³-hybridized carbons (Fsp3) is 0.0370. The molecular formula is C27H20NO3P. The van der Waals surface area contributed by atoms with Crippen molar-refractivity contribution in [2.24, 2.45) is 0 Å². The van der Waals surface area contributed by atoms with Gasteiger partial charge in [-0.3, -0.25) is 5.09 Å². The molecule has 0 unspecified atom stereocenters. The van der Waals surface area contributed by atoms with Crippen molar-refractivity contribution in [1.29, 1.82) is 0 Å². The minimum Gasteiger partial charge on any atom is -0.495 e. The number of hydrogen-bond donors (Lipinski definition) is 1. The molecule has 32 heavy (non-hydrogen) atoms. The maximum atomic E-state index is 6.48. The normalized spacial score (nSPS) is 11.3. The summed E-state index contributed by atoms with van der Waals surface area (Å²) in [6.45, 7) is 0. The van der Waals surface area contributed by atoms with Gasteiger partial charge in [0.1, 0.15) is 16.9 Å². The standard InChI is InChI=1S/C27H20NO3P/c1-29-23-13-7-6-12-22(23)28-32-30-24-16-14-18-8-2-4-10-20(18)26(24)27-21-11-5-3-9-19(21)15-17-25(27)31-32/h2-17,28H,1H3. The molecule has 0 aliphatic heterocycles. The van der Waals surface area contributed by atoms with Gasteiger partial charge >= 0.3 is 8.16 Å². The highest BCUT2D eigenvalue weighted by Gasteiger charge is 2.13. The van der Waals surface area contributed by atoms with Crippen LogP contribution in [0, 0.1) is 0 Å². The van der Waals surface area contributed by atoms with Crippen LogP contribution in [0.2, 0.25) is 0 Å². The smallest absolute Gasteiger partial charge is 0.338 e. The Bertz CT molecular complexity index is 1560. The van der Waals surface area contributed by atoms with Crippen LogP contribution in [0.3, 0.4) is 0 Å². The SMILES string of the molecule is COc1ccccc1Np1oc2ccc3ccccc3c2c2c(ccc3ccccc32)o1. The van der Waals surface area contributed by atoms with E-state index < -0.39 is 8.16 Å². The molecule has 5 aromatic carbocycles. The average molecular weight is 437 g/mol. The van der Waals surface area contributed by atoms with Crippen molar-refractivity contribution >= 4 is 57.3 Å². The zero-order valence-electron chi connectivity index (χ0n) is 17.4. The summed E-state index contributed by atoms with van der Waals surface area (Å²) < 4.78 is 18.5. The first kappa shape index (κ1) is 18.9. The van der Waals surface area contributed by atoms with Crippen LogP contribution in [0.15, 0.2) is 105 Å². The van der Waals surface area contributed by atoms with E-state index in [4.69, 9.17) is 13.1 Å². The number of anilines is 1. The van der Waals surface area contributed by atoms with Crippen LogP contribution < -0.4 is 9.82 Å². The molecule has 0 radical (unpaired) electrons. The highest BCUT2D eigenvalue weighted by molar-refractivity contribution is 7.39. The zero-order chi connectivity index (χ0) is 21.5. The van der Waals surface area contributed by atoms with Crippen molar-refractivity contribution in [3.05, 3.63) is 97.1 Å². The summed E-state index contributed by atoms with van der Waals surface area (Å²) in [4.78, 5) is 0. The van der Waals surface area contributed by atoms with Gasteiger partial charge in [0, 0.05) is 10.8 Å². The second-order valence-electron chi connectivity index (χ2n) is 7.57. The topological polar surface area (TPSA) is 47.5 Å². The van der Waals surface area contributed by atoms with Gasteiger partial charge in [-0.15, -0.1) is 0 Å². The van der Waals surface area contributed by atoms with Crippen molar-refractivity contribution in [3.8, 4) is 5.75 Å². The third-order valence-electron chi connectivity index (χ3n) is 5.71. The summed E-state index contributed by atoms with van der Waals surface area (Å²) in [6.07, 6.45) is 0. The van der Waals surface area contributed by atoms with Crippen LogP contribution in [0.5, 0.6) is 5.75 Å². The van der Waals surface area contributed by atoms with Gasteiger partial charge in [0.15, 0.2) is 0 Å². The Labute approximate surface area is 185 Å². The number of fused-ring (bicyclic) bond motifs is 7. The molecule has 0 atom stereocenters. The number of ether oxygens (including phenoxy) is 1. The molecule has 4 nitrogen and oxygen atoms in total. The van der Waals surface area contributed by atoms with Gasteiger partial charge in [0.25, 0.3) is 0 Å². The quantitative estimate of drug-likeness (QED) is 0.302. The van der Waals surface area contributed by atoms with Crippen LogP contribution in [0.25, 0.3) is 43.5 Å². The third kappa shape index (κ3) is 3.08. The minimum atomic E-state index is -1.51. The maximum absolute atomic E-state index is 6.48. The first-order valence-corrected chi connectivity index (χ1v) is 11.6. The molecule has 0 spiro atoms. The molecular weight excluding hydrogens is 417 g/mol. The number of hydrogen-bond acceptors (Lipinski definition) is 4. The molecule has 0 saturated heterocycles. The van der Waals surface area contributed by atoms with Crippen LogP contribution in [0.1, 0.15) is 0 Å². The molecule has 0 aliphatic rings. The maximum Gasteiger partial charge on any atom is 0.338 e. The highest BCUT2D eigenvalue weighted by atomic mass is 31.1. The van der Waals surface area contributed by atoms with Gasteiger partial charge in [0.2, 0.25) is 0 Å². The lowest BCUT2D eigenvalue weighted by Gasteiger charge is -2.08. The van der Waals surface area contributed by atoms with Gasteiger partial charge in [-0.05, 0) is 45.8 Å². The predicted molar refractivity (Wildman–Crippen MR) is 133 cm³/mol. The number of rotatable bonds is 3. The van der Waals surface area contributed by atoms with E-state index in [0.29, 0.717) is 0 Å². The van der Waals surface area contributed by atoms with E-state index in [1.54, 1.807) is 7.11 Å². The van der Waals surface area contributed by atoms with Crippen molar-refractivity contribution in [2.45, 2.75) is 0 Å². The monoisotopic (exact) mass is 437 g/mol. The summed E-state index contributed by atoms with van der Waals surface area (Å²) in [5, 5.41) is 10.1. The molecule has 1 N–H and O–H groups in total. The van der Waals surface area contributed by atoms with E-state index in [2.05, 4.69) is 65.8 Å². The first-order valence-electron chi connectivity index (χ1n) is 10.4. The summed E-state index contributed by atoms with van der Waals surface area (Å²) in [7, 11) is 0.148. The summed E-state index contributed by atoms with van der Waals surface area (Å²) in [5.41, 5.74) is 2.42.